The van der Waals surface area contributed by atoms with Gasteiger partial charge in [-0.05, 0) is 57.7 Å². The summed E-state index contributed by atoms with van der Waals surface area (Å²) in [6, 6.07) is 0. The van der Waals surface area contributed by atoms with Crippen LogP contribution in [-0.4, -0.2) is 30.3 Å². The second-order valence-electron chi connectivity index (χ2n) is 5.23. The smallest absolute Gasteiger partial charge is 0.129 e. The van der Waals surface area contributed by atoms with Crippen LogP contribution in [0.15, 0.2) is 0 Å². The predicted octanol–water partition coefficient (Wildman–Crippen LogP) is 3.75. The van der Waals surface area contributed by atoms with Gasteiger partial charge in [-0.15, -0.1) is 0 Å². The Morgan fingerprint density at radius 3 is 2.18 bits per heavy atom. The first-order valence-corrected chi connectivity index (χ1v) is 7.31. The fourth-order valence-electron chi connectivity index (χ4n) is 2.39. The molecule has 0 bridgehead atoms. The molecule has 0 aromatic carbocycles. The van der Waals surface area contributed by atoms with Crippen LogP contribution in [0.4, 0.5) is 0 Å². The third-order valence-corrected chi connectivity index (χ3v) is 3.58. The van der Waals surface area contributed by atoms with Gasteiger partial charge < -0.3 is 9.69 Å². The van der Waals surface area contributed by atoms with Crippen molar-refractivity contribution in [1.29, 1.82) is 0 Å². The second-order valence-corrected chi connectivity index (χ2v) is 5.23. The minimum Gasteiger partial charge on any atom is -0.303 e. The maximum absolute atomic E-state index is 10.8. The molecule has 102 valence electrons. The summed E-state index contributed by atoms with van der Waals surface area (Å²) in [6.07, 6.45) is 4.49. The van der Waals surface area contributed by atoms with Crippen molar-refractivity contribution in [2.75, 3.05) is 19.6 Å². The van der Waals surface area contributed by atoms with E-state index in [4.69, 9.17) is 0 Å². The molecule has 0 aromatic rings. The number of Topliss-reactive ketones (excluding diaryl/α,β-unsaturated/α-hetero) is 1. The van der Waals surface area contributed by atoms with Crippen LogP contribution in [0.2, 0.25) is 0 Å². The molecule has 0 saturated carbocycles. The molecule has 0 radical (unpaired) electrons. The maximum atomic E-state index is 10.8. The lowest BCUT2D eigenvalue weighted by Gasteiger charge is -2.33. The van der Waals surface area contributed by atoms with Gasteiger partial charge in [0.15, 0.2) is 0 Å². The lowest BCUT2D eigenvalue weighted by Crippen LogP contribution is -2.35. The van der Waals surface area contributed by atoms with Crippen molar-refractivity contribution >= 4 is 5.78 Å². The molecule has 1 aliphatic heterocycles. The zero-order chi connectivity index (χ0) is 13.3. The van der Waals surface area contributed by atoms with Gasteiger partial charge in [-0.2, -0.15) is 0 Å². The molecule has 1 fully saturated rings. The van der Waals surface area contributed by atoms with Gasteiger partial charge in [-0.25, -0.2) is 0 Å². The van der Waals surface area contributed by atoms with Crippen LogP contribution in [0.5, 0.6) is 0 Å². The van der Waals surface area contributed by atoms with Crippen LogP contribution in [-0.2, 0) is 4.79 Å². The third-order valence-electron chi connectivity index (χ3n) is 3.58. The van der Waals surface area contributed by atoms with Crippen LogP contribution in [0.25, 0.3) is 0 Å². The number of ketones is 1. The fraction of sp³-hybridized carbons (Fsp3) is 0.933. The number of hydrogen-bond acceptors (Lipinski definition) is 2. The molecule has 0 amide bonds. The quantitative estimate of drug-likeness (QED) is 0.730. The van der Waals surface area contributed by atoms with Crippen LogP contribution in [0.3, 0.4) is 0 Å². The minimum absolute atomic E-state index is 0.326. The van der Waals surface area contributed by atoms with E-state index in [-0.39, 0.29) is 0 Å². The van der Waals surface area contributed by atoms with E-state index in [0.29, 0.717) is 5.78 Å². The zero-order valence-electron chi connectivity index (χ0n) is 12.5. The maximum Gasteiger partial charge on any atom is 0.129 e. The minimum atomic E-state index is 0.326. The molecule has 0 aliphatic carbocycles. The monoisotopic (exact) mass is 241 g/mol. The average Bonchev–Trinajstić information content (AvgIpc) is 2.32. The predicted molar refractivity (Wildman–Crippen MR) is 75.3 cm³/mol. The van der Waals surface area contributed by atoms with Gasteiger partial charge in [0.1, 0.15) is 5.78 Å². The van der Waals surface area contributed by atoms with Crippen molar-refractivity contribution < 1.29 is 4.79 Å². The molecule has 2 nitrogen and oxygen atoms in total. The number of rotatable bonds is 5. The summed E-state index contributed by atoms with van der Waals surface area (Å²) in [7, 11) is 0. The number of hydrogen-bond donors (Lipinski definition) is 0. The molecular formula is C15H31NO. The summed E-state index contributed by atoms with van der Waals surface area (Å²) in [5, 5.41) is 0. The Balaban J connectivity index is 0.00000121. The highest BCUT2D eigenvalue weighted by atomic mass is 16.1. The molecule has 0 spiro atoms. The van der Waals surface area contributed by atoms with Gasteiger partial charge in [0.05, 0.1) is 0 Å². The van der Waals surface area contributed by atoms with Gasteiger partial charge in [0.2, 0.25) is 0 Å². The second kappa shape index (κ2) is 9.64. The molecule has 1 saturated heterocycles. The standard InChI is InChI=1S/C13H25NO.C2H6/c1-11(2)13-6-9-14(10-7-13)8-4-5-12(3)15;1-2/h11,13H,4-10H2,1-3H3;1-2H3. The van der Waals surface area contributed by atoms with Crippen molar-refractivity contribution in [3.63, 3.8) is 0 Å². The van der Waals surface area contributed by atoms with Crippen LogP contribution in [0, 0.1) is 11.8 Å². The zero-order valence-corrected chi connectivity index (χ0v) is 12.5. The summed E-state index contributed by atoms with van der Waals surface area (Å²) in [5.74, 6) is 2.09. The first-order chi connectivity index (χ1) is 8.09. The molecule has 0 atom stereocenters. The highest BCUT2D eigenvalue weighted by Gasteiger charge is 2.20. The van der Waals surface area contributed by atoms with Crippen LogP contribution < -0.4 is 0 Å². The van der Waals surface area contributed by atoms with Gasteiger partial charge in [-0.3, -0.25) is 0 Å². The summed E-state index contributed by atoms with van der Waals surface area (Å²) < 4.78 is 0. The molecule has 1 rings (SSSR count). The third kappa shape index (κ3) is 7.54. The number of nitrogens with zero attached hydrogens (tertiary/aromatic N) is 1. The van der Waals surface area contributed by atoms with Gasteiger partial charge in [0.25, 0.3) is 0 Å². The molecule has 1 aliphatic rings. The van der Waals surface area contributed by atoms with E-state index in [0.717, 1.165) is 31.2 Å². The Morgan fingerprint density at radius 2 is 1.76 bits per heavy atom. The summed E-state index contributed by atoms with van der Waals surface area (Å²) in [4.78, 5) is 13.3. The highest BCUT2D eigenvalue weighted by molar-refractivity contribution is 5.75. The van der Waals surface area contributed by atoms with Crippen molar-refractivity contribution in [2.24, 2.45) is 11.8 Å². The topological polar surface area (TPSA) is 20.3 Å². The van der Waals surface area contributed by atoms with Crippen molar-refractivity contribution in [2.45, 2.75) is 60.3 Å². The van der Waals surface area contributed by atoms with Gasteiger partial charge in [-0.1, -0.05) is 27.7 Å². The van der Waals surface area contributed by atoms with E-state index in [1.165, 1.54) is 25.9 Å². The first kappa shape index (κ1) is 16.6. The van der Waals surface area contributed by atoms with E-state index >= 15 is 0 Å². The molecular weight excluding hydrogens is 210 g/mol. The van der Waals surface area contributed by atoms with E-state index in [1.54, 1.807) is 6.92 Å². The Labute approximate surface area is 108 Å². The molecule has 0 unspecified atom stereocenters. The highest BCUT2D eigenvalue weighted by Crippen LogP contribution is 2.24. The fourth-order valence-corrected chi connectivity index (χ4v) is 2.39. The van der Waals surface area contributed by atoms with Gasteiger partial charge in [0, 0.05) is 6.42 Å². The van der Waals surface area contributed by atoms with Crippen LogP contribution in [0.1, 0.15) is 60.3 Å². The number of carbonyl (C=O) groups excluding carboxylic acids is 1. The Kier molecular flexibility index (Phi) is 9.43. The summed E-state index contributed by atoms with van der Waals surface area (Å²) in [6.45, 7) is 13.9. The average molecular weight is 241 g/mol. The number of carbonyl (C=O) groups is 1. The molecule has 1 heterocycles. The first-order valence-electron chi connectivity index (χ1n) is 7.31. The van der Waals surface area contributed by atoms with Crippen LogP contribution >= 0.6 is 0 Å². The van der Waals surface area contributed by atoms with E-state index < -0.39 is 0 Å². The van der Waals surface area contributed by atoms with Crippen molar-refractivity contribution in [3.8, 4) is 0 Å². The normalized spacial score (nSPS) is 17.8. The lowest BCUT2D eigenvalue weighted by atomic mass is 9.87. The van der Waals surface area contributed by atoms with E-state index in [1.807, 2.05) is 13.8 Å². The van der Waals surface area contributed by atoms with Crippen molar-refractivity contribution in [3.05, 3.63) is 0 Å². The Bertz CT molecular complexity index is 193. The molecule has 0 N–H and O–H groups in total. The lowest BCUT2D eigenvalue weighted by molar-refractivity contribution is -0.117. The number of likely N-dealkylation sites (tertiary alicyclic amines) is 1. The Hall–Kier alpha value is -0.370. The van der Waals surface area contributed by atoms with E-state index in [9.17, 15) is 4.79 Å². The molecule has 0 aromatic heterocycles. The molecule has 2 heteroatoms. The van der Waals surface area contributed by atoms with E-state index in [2.05, 4.69) is 18.7 Å². The SMILES string of the molecule is CC.CC(=O)CCCN1CCC(C(C)C)CC1. The summed E-state index contributed by atoms with van der Waals surface area (Å²) >= 11 is 0. The number of piperidine rings is 1. The van der Waals surface area contributed by atoms with Crippen molar-refractivity contribution in [1.82, 2.24) is 4.90 Å². The Morgan fingerprint density at radius 1 is 1.24 bits per heavy atom. The molecule has 17 heavy (non-hydrogen) atoms. The summed E-state index contributed by atoms with van der Waals surface area (Å²) in [5.41, 5.74) is 0. The van der Waals surface area contributed by atoms with Gasteiger partial charge >= 0.3 is 0 Å². The largest absolute Gasteiger partial charge is 0.303 e.